The molecule has 0 amide bonds. The smallest absolute Gasteiger partial charge is 0.149 e. The number of anilines is 2. The number of aromatic nitrogens is 2. The van der Waals surface area contributed by atoms with Crippen molar-refractivity contribution in [1.82, 2.24) is 14.3 Å². The van der Waals surface area contributed by atoms with Gasteiger partial charge in [-0.3, -0.25) is 0 Å². The minimum atomic E-state index is 0.608. The van der Waals surface area contributed by atoms with Crippen LogP contribution in [0, 0.1) is 6.92 Å². The van der Waals surface area contributed by atoms with Crippen LogP contribution in [0.25, 0.3) is 10.6 Å². The van der Waals surface area contributed by atoms with Crippen molar-refractivity contribution in [2.24, 2.45) is 0 Å². The molecule has 108 valence electrons. The van der Waals surface area contributed by atoms with Crippen LogP contribution in [-0.2, 0) is 0 Å². The number of thiazole rings is 1. The Hall–Kier alpha value is -1.18. The van der Waals surface area contributed by atoms with Gasteiger partial charge < -0.3 is 15.5 Å². The quantitative estimate of drug-likeness (QED) is 0.922. The number of nitrogens with two attached hydrogens (primary N) is 1. The minimum Gasteiger partial charge on any atom is -0.382 e. The van der Waals surface area contributed by atoms with Crippen molar-refractivity contribution in [3.05, 3.63) is 11.1 Å². The lowest BCUT2D eigenvalue weighted by molar-refractivity contribution is 0.360. The van der Waals surface area contributed by atoms with Gasteiger partial charge in [-0.05, 0) is 38.5 Å². The highest BCUT2D eigenvalue weighted by atomic mass is 32.1. The zero-order chi connectivity index (χ0) is 14.1. The van der Waals surface area contributed by atoms with Crippen molar-refractivity contribution in [3.8, 4) is 10.6 Å². The molecule has 3 heterocycles. The lowest BCUT2D eigenvalue weighted by Gasteiger charge is -2.21. The summed E-state index contributed by atoms with van der Waals surface area (Å²) in [5, 5.41) is 4.22. The molecule has 0 aliphatic carbocycles. The van der Waals surface area contributed by atoms with Crippen LogP contribution in [0.2, 0.25) is 0 Å². The number of nitrogens with zero attached hydrogens (tertiary/aromatic N) is 4. The monoisotopic (exact) mass is 309 g/mol. The second-order valence-corrected chi connectivity index (χ2v) is 6.80. The normalized spacial score (nSPS) is 17.4. The molecule has 7 heteroatoms. The Morgan fingerprint density at radius 2 is 2.10 bits per heavy atom. The Kier molecular flexibility index (Phi) is 3.91. The fraction of sp³-hybridized carbons (Fsp3) is 0.538. The summed E-state index contributed by atoms with van der Waals surface area (Å²) in [5.41, 5.74) is 8.15. The summed E-state index contributed by atoms with van der Waals surface area (Å²) in [7, 11) is 2.18. The third-order valence-corrected chi connectivity index (χ3v) is 5.44. The van der Waals surface area contributed by atoms with Crippen molar-refractivity contribution >= 4 is 33.7 Å². The Morgan fingerprint density at radius 3 is 2.85 bits per heavy atom. The van der Waals surface area contributed by atoms with Gasteiger partial charge in [-0.2, -0.15) is 4.37 Å². The summed E-state index contributed by atoms with van der Waals surface area (Å²) in [6.45, 7) is 6.32. The molecule has 0 saturated carbocycles. The molecule has 0 spiro atoms. The SMILES string of the molecule is Cc1csc(-c2c(N)nsc2N2CCCN(C)CC2)n1. The Bertz CT molecular complexity index is 591. The van der Waals surface area contributed by atoms with Gasteiger partial charge in [-0.25, -0.2) is 4.98 Å². The summed E-state index contributed by atoms with van der Waals surface area (Å²) in [5.74, 6) is 0.608. The van der Waals surface area contributed by atoms with E-state index in [0.717, 1.165) is 42.4 Å². The van der Waals surface area contributed by atoms with Crippen LogP contribution in [0.3, 0.4) is 0 Å². The highest BCUT2D eigenvalue weighted by Gasteiger charge is 2.22. The molecule has 0 radical (unpaired) electrons. The van der Waals surface area contributed by atoms with Crippen LogP contribution >= 0.6 is 22.9 Å². The van der Waals surface area contributed by atoms with E-state index in [9.17, 15) is 0 Å². The van der Waals surface area contributed by atoms with Crippen molar-refractivity contribution in [1.29, 1.82) is 0 Å². The first-order chi connectivity index (χ1) is 9.65. The second-order valence-electron chi connectivity index (χ2n) is 5.19. The van der Waals surface area contributed by atoms with E-state index in [0.29, 0.717) is 5.82 Å². The van der Waals surface area contributed by atoms with Gasteiger partial charge in [0.2, 0.25) is 0 Å². The summed E-state index contributed by atoms with van der Waals surface area (Å²) < 4.78 is 4.36. The predicted molar refractivity (Wildman–Crippen MR) is 86.7 cm³/mol. The van der Waals surface area contributed by atoms with Gasteiger partial charge >= 0.3 is 0 Å². The van der Waals surface area contributed by atoms with Crippen molar-refractivity contribution in [2.75, 3.05) is 43.9 Å². The number of hydrogen-bond donors (Lipinski definition) is 1. The maximum absolute atomic E-state index is 6.08. The molecular weight excluding hydrogens is 290 g/mol. The van der Waals surface area contributed by atoms with E-state index < -0.39 is 0 Å². The average Bonchev–Trinajstić information content (AvgIpc) is 2.93. The van der Waals surface area contributed by atoms with E-state index in [1.54, 1.807) is 11.3 Å². The predicted octanol–water partition coefficient (Wildman–Crippen LogP) is 2.30. The first kappa shape index (κ1) is 13.8. The maximum Gasteiger partial charge on any atom is 0.149 e. The zero-order valence-electron chi connectivity index (χ0n) is 11.8. The number of rotatable bonds is 2. The Labute approximate surface area is 127 Å². The standard InChI is InChI=1S/C13H19N5S2/c1-9-8-19-12(15-9)10-11(14)16-20-13(10)18-5-3-4-17(2)6-7-18/h8H,3-7H2,1-2H3,(H2,14,16). The van der Waals surface area contributed by atoms with Crippen molar-refractivity contribution in [3.63, 3.8) is 0 Å². The molecule has 0 unspecified atom stereocenters. The Balaban J connectivity index is 1.94. The van der Waals surface area contributed by atoms with E-state index in [4.69, 9.17) is 5.73 Å². The van der Waals surface area contributed by atoms with Crippen molar-refractivity contribution < 1.29 is 0 Å². The van der Waals surface area contributed by atoms with Crippen LogP contribution in [0.15, 0.2) is 5.38 Å². The zero-order valence-corrected chi connectivity index (χ0v) is 13.4. The fourth-order valence-electron chi connectivity index (χ4n) is 2.43. The molecule has 1 saturated heterocycles. The molecule has 0 aromatic carbocycles. The molecule has 1 aliphatic heterocycles. The van der Waals surface area contributed by atoms with Crippen LogP contribution in [-0.4, -0.2) is 47.5 Å². The minimum absolute atomic E-state index is 0.608. The largest absolute Gasteiger partial charge is 0.382 e. The summed E-state index contributed by atoms with van der Waals surface area (Å²) in [6.07, 6.45) is 1.17. The molecule has 3 rings (SSSR count). The first-order valence-electron chi connectivity index (χ1n) is 6.76. The van der Waals surface area contributed by atoms with Crippen LogP contribution in [0.1, 0.15) is 12.1 Å². The van der Waals surface area contributed by atoms with Gasteiger partial charge in [0.1, 0.15) is 15.8 Å². The fourth-order valence-corrected chi connectivity index (χ4v) is 4.21. The summed E-state index contributed by atoms with van der Waals surface area (Å²) in [6, 6.07) is 0. The molecule has 5 nitrogen and oxygen atoms in total. The maximum atomic E-state index is 6.08. The first-order valence-corrected chi connectivity index (χ1v) is 8.41. The van der Waals surface area contributed by atoms with Gasteiger partial charge in [-0.15, -0.1) is 11.3 Å². The third kappa shape index (κ3) is 2.65. The van der Waals surface area contributed by atoms with E-state index in [2.05, 4.69) is 31.6 Å². The molecule has 2 N–H and O–H groups in total. The lowest BCUT2D eigenvalue weighted by atomic mass is 10.3. The van der Waals surface area contributed by atoms with Crippen LogP contribution in [0.4, 0.5) is 10.8 Å². The molecule has 2 aromatic rings. The molecular formula is C13H19N5S2. The number of likely N-dealkylation sites (N-methyl/N-ethyl adjacent to an activating group) is 1. The lowest BCUT2D eigenvalue weighted by Crippen LogP contribution is -2.28. The summed E-state index contributed by atoms with van der Waals surface area (Å²) >= 11 is 3.14. The van der Waals surface area contributed by atoms with Gasteiger partial charge in [0.15, 0.2) is 0 Å². The molecule has 20 heavy (non-hydrogen) atoms. The van der Waals surface area contributed by atoms with Gasteiger partial charge in [0, 0.05) is 30.7 Å². The molecule has 0 bridgehead atoms. The van der Waals surface area contributed by atoms with E-state index in [1.165, 1.54) is 23.0 Å². The Morgan fingerprint density at radius 1 is 1.25 bits per heavy atom. The highest BCUT2D eigenvalue weighted by molar-refractivity contribution is 7.15. The van der Waals surface area contributed by atoms with Gasteiger partial charge in [0.25, 0.3) is 0 Å². The number of hydrogen-bond acceptors (Lipinski definition) is 7. The highest BCUT2D eigenvalue weighted by Crippen LogP contribution is 2.40. The van der Waals surface area contributed by atoms with E-state index >= 15 is 0 Å². The molecule has 2 aromatic heterocycles. The van der Waals surface area contributed by atoms with Crippen molar-refractivity contribution in [2.45, 2.75) is 13.3 Å². The second kappa shape index (κ2) is 5.67. The van der Waals surface area contributed by atoms with Gasteiger partial charge in [-0.1, -0.05) is 0 Å². The average molecular weight is 309 g/mol. The van der Waals surface area contributed by atoms with E-state index in [-0.39, 0.29) is 0 Å². The number of nitrogen functional groups attached to an aromatic ring is 1. The molecule has 1 fully saturated rings. The molecule has 0 atom stereocenters. The number of aryl methyl sites for hydroxylation is 1. The van der Waals surface area contributed by atoms with E-state index in [1.807, 2.05) is 6.92 Å². The van der Waals surface area contributed by atoms with Gasteiger partial charge in [0.05, 0.1) is 5.56 Å². The van der Waals surface area contributed by atoms with Crippen LogP contribution < -0.4 is 10.6 Å². The third-order valence-electron chi connectivity index (χ3n) is 3.54. The molecule has 1 aliphatic rings. The van der Waals surface area contributed by atoms with Crippen LogP contribution in [0.5, 0.6) is 0 Å². The topological polar surface area (TPSA) is 58.3 Å². The summed E-state index contributed by atoms with van der Waals surface area (Å²) in [4.78, 5) is 9.35.